The molecule has 0 radical (unpaired) electrons. The van der Waals surface area contributed by atoms with E-state index in [1.165, 1.54) is 8.61 Å². The SMILES string of the molecule is C#CCN(CC)S(=O)(=O)N1CCCC(C(=O)O)C1. The molecule has 0 aromatic heterocycles. The van der Waals surface area contributed by atoms with Crippen molar-refractivity contribution >= 4 is 16.2 Å². The summed E-state index contributed by atoms with van der Waals surface area (Å²) in [5.41, 5.74) is 0. The molecule has 1 atom stereocenters. The molecule has 0 bridgehead atoms. The lowest BCUT2D eigenvalue weighted by Gasteiger charge is -2.33. The summed E-state index contributed by atoms with van der Waals surface area (Å²) >= 11 is 0. The molecule has 1 rings (SSSR count). The zero-order valence-corrected chi connectivity index (χ0v) is 11.2. The monoisotopic (exact) mass is 274 g/mol. The van der Waals surface area contributed by atoms with Gasteiger partial charge in [0, 0.05) is 19.6 Å². The van der Waals surface area contributed by atoms with Gasteiger partial charge in [-0.15, -0.1) is 6.42 Å². The van der Waals surface area contributed by atoms with E-state index in [9.17, 15) is 13.2 Å². The summed E-state index contributed by atoms with van der Waals surface area (Å²) < 4.78 is 26.9. The van der Waals surface area contributed by atoms with Gasteiger partial charge >= 0.3 is 5.97 Å². The first-order chi connectivity index (χ1) is 8.43. The highest BCUT2D eigenvalue weighted by Crippen LogP contribution is 2.21. The van der Waals surface area contributed by atoms with E-state index in [4.69, 9.17) is 11.5 Å². The maximum atomic E-state index is 12.2. The number of hydrogen-bond acceptors (Lipinski definition) is 3. The Morgan fingerprint density at radius 1 is 1.61 bits per heavy atom. The molecule has 1 aliphatic rings. The van der Waals surface area contributed by atoms with Gasteiger partial charge < -0.3 is 5.11 Å². The van der Waals surface area contributed by atoms with Crippen LogP contribution in [0.3, 0.4) is 0 Å². The van der Waals surface area contributed by atoms with Crippen LogP contribution in [0, 0.1) is 18.3 Å². The molecule has 1 heterocycles. The van der Waals surface area contributed by atoms with E-state index in [1.54, 1.807) is 6.92 Å². The predicted molar refractivity (Wildman–Crippen MR) is 66.9 cm³/mol. The first-order valence-electron chi connectivity index (χ1n) is 5.85. The normalized spacial score (nSPS) is 21.7. The Kier molecular flexibility index (Phi) is 5.14. The summed E-state index contributed by atoms with van der Waals surface area (Å²) in [6, 6.07) is 0. The number of carboxylic acid groups (broad SMARTS) is 1. The molecule has 6 nitrogen and oxygen atoms in total. The van der Waals surface area contributed by atoms with Crippen molar-refractivity contribution in [1.82, 2.24) is 8.61 Å². The lowest BCUT2D eigenvalue weighted by Crippen LogP contribution is -2.49. The van der Waals surface area contributed by atoms with Crippen molar-refractivity contribution in [2.24, 2.45) is 5.92 Å². The van der Waals surface area contributed by atoms with Crippen LogP contribution in [0.25, 0.3) is 0 Å². The number of carboxylic acids is 1. The van der Waals surface area contributed by atoms with Crippen molar-refractivity contribution in [1.29, 1.82) is 0 Å². The molecule has 0 aromatic rings. The summed E-state index contributed by atoms with van der Waals surface area (Å²) in [6.07, 6.45) is 6.21. The van der Waals surface area contributed by atoms with Gasteiger partial charge in [-0.1, -0.05) is 12.8 Å². The van der Waals surface area contributed by atoms with Gasteiger partial charge in [0.05, 0.1) is 12.5 Å². The number of rotatable bonds is 5. The van der Waals surface area contributed by atoms with Crippen LogP contribution >= 0.6 is 0 Å². The summed E-state index contributed by atoms with van der Waals surface area (Å²) in [6.45, 7) is 2.37. The van der Waals surface area contributed by atoms with Gasteiger partial charge in [0.25, 0.3) is 10.2 Å². The maximum Gasteiger partial charge on any atom is 0.307 e. The van der Waals surface area contributed by atoms with Crippen LogP contribution in [0.1, 0.15) is 19.8 Å². The van der Waals surface area contributed by atoms with E-state index in [0.717, 1.165) is 0 Å². The average molecular weight is 274 g/mol. The molecule has 1 fully saturated rings. The molecule has 1 unspecified atom stereocenters. The van der Waals surface area contributed by atoms with Crippen molar-refractivity contribution < 1.29 is 18.3 Å². The predicted octanol–water partition coefficient (Wildman–Crippen LogP) is -0.0171. The second kappa shape index (κ2) is 6.18. The Bertz CT molecular complexity index is 440. The molecule has 18 heavy (non-hydrogen) atoms. The Morgan fingerprint density at radius 2 is 2.28 bits per heavy atom. The first-order valence-corrected chi connectivity index (χ1v) is 7.24. The van der Waals surface area contributed by atoms with Crippen LogP contribution in [-0.4, -0.2) is 54.3 Å². The summed E-state index contributed by atoms with van der Waals surface area (Å²) in [5.74, 6) is 0.726. The number of carbonyl (C=O) groups is 1. The van der Waals surface area contributed by atoms with Crippen molar-refractivity contribution in [3.63, 3.8) is 0 Å². The molecule has 0 aliphatic carbocycles. The second-order valence-corrected chi connectivity index (χ2v) is 6.10. The van der Waals surface area contributed by atoms with Crippen LogP contribution < -0.4 is 0 Å². The Balaban J connectivity index is 2.84. The number of hydrogen-bond donors (Lipinski definition) is 1. The molecular formula is C11H18N2O4S. The smallest absolute Gasteiger partial charge is 0.307 e. The molecular weight excluding hydrogens is 256 g/mol. The highest BCUT2D eigenvalue weighted by molar-refractivity contribution is 7.86. The fraction of sp³-hybridized carbons (Fsp3) is 0.727. The fourth-order valence-electron chi connectivity index (χ4n) is 1.98. The summed E-state index contributed by atoms with van der Waals surface area (Å²) in [4.78, 5) is 10.9. The van der Waals surface area contributed by atoms with Crippen LogP contribution in [0.4, 0.5) is 0 Å². The molecule has 1 N–H and O–H groups in total. The second-order valence-electron chi connectivity index (χ2n) is 4.17. The van der Waals surface area contributed by atoms with Crippen LogP contribution in [-0.2, 0) is 15.0 Å². The molecule has 1 aliphatic heterocycles. The highest BCUT2D eigenvalue weighted by Gasteiger charge is 2.34. The topological polar surface area (TPSA) is 77.9 Å². The van der Waals surface area contributed by atoms with Gasteiger partial charge in [0.15, 0.2) is 0 Å². The van der Waals surface area contributed by atoms with E-state index in [1.807, 2.05) is 0 Å². The minimum atomic E-state index is -3.64. The van der Waals surface area contributed by atoms with Gasteiger partial charge in [-0.25, -0.2) is 0 Å². The third-order valence-corrected chi connectivity index (χ3v) is 5.03. The fourth-order valence-corrected chi connectivity index (χ4v) is 3.59. The lowest BCUT2D eigenvalue weighted by atomic mass is 10.0. The largest absolute Gasteiger partial charge is 0.481 e. The third-order valence-electron chi connectivity index (χ3n) is 3.01. The van der Waals surface area contributed by atoms with Gasteiger partial charge in [0.2, 0.25) is 0 Å². The standard InChI is InChI=1S/C11H18N2O4S/c1-3-7-12(4-2)18(16,17)13-8-5-6-10(9-13)11(14)15/h1,10H,4-9H2,2H3,(H,14,15). The van der Waals surface area contributed by atoms with E-state index in [-0.39, 0.29) is 19.6 Å². The minimum Gasteiger partial charge on any atom is -0.481 e. The summed E-state index contributed by atoms with van der Waals surface area (Å²) in [7, 11) is -3.64. The van der Waals surface area contributed by atoms with E-state index in [2.05, 4.69) is 5.92 Å². The van der Waals surface area contributed by atoms with Crippen molar-refractivity contribution in [2.45, 2.75) is 19.8 Å². The zero-order valence-electron chi connectivity index (χ0n) is 10.4. The van der Waals surface area contributed by atoms with Crippen LogP contribution in [0.2, 0.25) is 0 Å². The van der Waals surface area contributed by atoms with E-state index < -0.39 is 22.1 Å². The van der Waals surface area contributed by atoms with Crippen LogP contribution in [0.15, 0.2) is 0 Å². The van der Waals surface area contributed by atoms with Gasteiger partial charge in [-0.2, -0.15) is 17.0 Å². The molecule has 0 saturated carbocycles. The first kappa shape index (κ1) is 15.0. The van der Waals surface area contributed by atoms with Crippen molar-refractivity contribution in [2.75, 3.05) is 26.2 Å². The summed E-state index contributed by atoms with van der Waals surface area (Å²) in [5, 5.41) is 8.95. The van der Waals surface area contributed by atoms with Gasteiger partial charge in [0.1, 0.15) is 0 Å². The van der Waals surface area contributed by atoms with Crippen molar-refractivity contribution in [3.8, 4) is 12.3 Å². The Hall–Kier alpha value is -1.10. The minimum absolute atomic E-state index is 0.00702. The Labute approximate surface area is 108 Å². The molecule has 0 aromatic carbocycles. The average Bonchev–Trinajstić information content (AvgIpc) is 2.35. The van der Waals surface area contributed by atoms with Gasteiger partial charge in [-0.3, -0.25) is 4.79 Å². The highest BCUT2D eigenvalue weighted by atomic mass is 32.2. The van der Waals surface area contributed by atoms with E-state index in [0.29, 0.717) is 19.4 Å². The molecule has 0 spiro atoms. The Morgan fingerprint density at radius 3 is 2.78 bits per heavy atom. The third kappa shape index (κ3) is 3.22. The van der Waals surface area contributed by atoms with Crippen molar-refractivity contribution in [3.05, 3.63) is 0 Å². The molecule has 102 valence electrons. The quantitative estimate of drug-likeness (QED) is 0.715. The van der Waals surface area contributed by atoms with E-state index >= 15 is 0 Å². The lowest BCUT2D eigenvalue weighted by molar-refractivity contribution is -0.142. The number of nitrogens with zero attached hydrogens (tertiary/aromatic N) is 2. The molecule has 7 heteroatoms. The number of aliphatic carboxylic acids is 1. The molecule has 0 amide bonds. The number of terminal acetylenes is 1. The van der Waals surface area contributed by atoms with Crippen LogP contribution in [0.5, 0.6) is 0 Å². The maximum absolute atomic E-state index is 12.2. The zero-order chi connectivity index (χ0) is 13.8. The van der Waals surface area contributed by atoms with Gasteiger partial charge in [-0.05, 0) is 12.8 Å². The molecule has 1 saturated heterocycles. The number of piperidine rings is 1.